The van der Waals surface area contributed by atoms with Gasteiger partial charge in [-0.05, 0) is 0 Å². The summed E-state index contributed by atoms with van der Waals surface area (Å²) >= 11 is 0. The Balaban J connectivity index is 2.90. The van der Waals surface area contributed by atoms with Crippen molar-refractivity contribution in [3.63, 3.8) is 0 Å². The lowest BCUT2D eigenvalue weighted by molar-refractivity contribution is -0.236. The zero-order chi connectivity index (χ0) is 18.8. The van der Waals surface area contributed by atoms with Gasteiger partial charge in [-0.15, -0.1) is 0 Å². The van der Waals surface area contributed by atoms with Gasteiger partial charge in [0.05, 0.1) is 27.4 Å². The molecule has 10 heteroatoms. The minimum Gasteiger partial charge on any atom is -0.467 e. The van der Waals surface area contributed by atoms with Gasteiger partial charge in [0.1, 0.15) is 31.5 Å². The van der Waals surface area contributed by atoms with Crippen molar-refractivity contribution >= 4 is 17.9 Å². The number of hydrogen-bond acceptors (Lipinski definition) is 10. The molecule has 1 rings (SSSR count). The minimum absolute atomic E-state index is 0.0502. The number of rotatable bonds is 9. The lowest BCUT2D eigenvalue weighted by atomic mass is 9.99. The second kappa shape index (κ2) is 11.0. The Morgan fingerprint density at radius 3 is 2.08 bits per heavy atom. The number of ether oxygens (including phenoxy) is 7. The van der Waals surface area contributed by atoms with Crippen molar-refractivity contribution in [1.82, 2.24) is 0 Å². The van der Waals surface area contributed by atoms with Gasteiger partial charge >= 0.3 is 17.9 Å². The smallest absolute Gasteiger partial charge is 0.331 e. The highest BCUT2D eigenvalue weighted by Gasteiger charge is 2.44. The Bertz CT molecular complexity index is 452. The van der Waals surface area contributed by atoms with Crippen LogP contribution in [0.5, 0.6) is 0 Å². The topological polar surface area (TPSA) is 116 Å². The van der Waals surface area contributed by atoms with Crippen molar-refractivity contribution in [2.75, 3.05) is 47.8 Å². The van der Waals surface area contributed by atoms with Gasteiger partial charge < -0.3 is 33.2 Å². The van der Waals surface area contributed by atoms with Gasteiger partial charge in [-0.25, -0.2) is 9.59 Å². The van der Waals surface area contributed by atoms with E-state index in [9.17, 15) is 14.4 Å². The predicted octanol–water partition coefficient (Wildman–Crippen LogP) is -0.920. The molecule has 0 radical (unpaired) electrons. The summed E-state index contributed by atoms with van der Waals surface area (Å²) in [5, 5.41) is 0. The maximum Gasteiger partial charge on any atom is 0.331 e. The Labute approximate surface area is 145 Å². The third-order valence-electron chi connectivity index (χ3n) is 3.43. The third kappa shape index (κ3) is 6.94. The number of carbonyl (C=O) groups is 3. The molecular formula is C15H24O10. The van der Waals surface area contributed by atoms with Crippen LogP contribution in [0.1, 0.15) is 6.92 Å². The molecule has 0 spiro atoms. The molecule has 0 N–H and O–H groups in total. The van der Waals surface area contributed by atoms with Crippen LogP contribution in [0.25, 0.3) is 0 Å². The fourth-order valence-corrected chi connectivity index (χ4v) is 2.28. The molecule has 1 fully saturated rings. The highest BCUT2D eigenvalue weighted by Crippen LogP contribution is 2.24. The van der Waals surface area contributed by atoms with Crippen LogP contribution in [0.3, 0.4) is 0 Å². The molecule has 1 saturated heterocycles. The highest BCUT2D eigenvalue weighted by atomic mass is 16.6. The van der Waals surface area contributed by atoms with Crippen molar-refractivity contribution in [3.8, 4) is 0 Å². The van der Waals surface area contributed by atoms with Crippen molar-refractivity contribution in [1.29, 1.82) is 0 Å². The molecule has 0 aromatic rings. The van der Waals surface area contributed by atoms with Gasteiger partial charge in [0, 0.05) is 14.0 Å². The zero-order valence-corrected chi connectivity index (χ0v) is 14.7. The van der Waals surface area contributed by atoms with E-state index in [0.717, 1.165) is 0 Å². The Morgan fingerprint density at radius 1 is 0.960 bits per heavy atom. The first-order chi connectivity index (χ1) is 11.9. The second-order valence-electron chi connectivity index (χ2n) is 5.18. The van der Waals surface area contributed by atoms with Crippen LogP contribution in [-0.2, 0) is 47.5 Å². The average Bonchev–Trinajstić information content (AvgIpc) is 2.59. The molecule has 0 bridgehead atoms. The van der Waals surface area contributed by atoms with Crippen LogP contribution < -0.4 is 0 Å². The molecule has 4 unspecified atom stereocenters. The Kier molecular flexibility index (Phi) is 9.35. The van der Waals surface area contributed by atoms with E-state index in [1.54, 1.807) is 0 Å². The van der Waals surface area contributed by atoms with Gasteiger partial charge in [0.25, 0.3) is 0 Å². The monoisotopic (exact) mass is 364 g/mol. The van der Waals surface area contributed by atoms with E-state index in [-0.39, 0.29) is 26.4 Å². The number of esters is 3. The molecule has 0 aromatic carbocycles. The maximum absolute atomic E-state index is 11.4. The number of carbonyl (C=O) groups excluding carboxylic acids is 3. The second-order valence-corrected chi connectivity index (χ2v) is 5.18. The molecule has 0 aliphatic carbocycles. The van der Waals surface area contributed by atoms with Crippen LogP contribution in [0.2, 0.25) is 0 Å². The standard InChI is InChI=1S/C15H24O10/c1-9(16)25-15-10(5-19-2)22-6-11(23-7-12(17)20-3)14(15)24-8-13(18)21-4/h10-11,14-15H,5-8H2,1-4H3. The molecule has 1 heterocycles. The van der Waals surface area contributed by atoms with E-state index in [1.807, 2.05) is 0 Å². The molecule has 10 nitrogen and oxygen atoms in total. The van der Waals surface area contributed by atoms with E-state index < -0.39 is 42.3 Å². The fourth-order valence-electron chi connectivity index (χ4n) is 2.28. The van der Waals surface area contributed by atoms with E-state index in [0.29, 0.717) is 0 Å². The first-order valence-corrected chi connectivity index (χ1v) is 7.57. The predicted molar refractivity (Wildman–Crippen MR) is 80.7 cm³/mol. The SMILES string of the molecule is COCC1OCC(OCC(=O)OC)C(OCC(=O)OC)C1OC(C)=O. The molecule has 25 heavy (non-hydrogen) atoms. The Morgan fingerprint density at radius 2 is 1.56 bits per heavy atom. The molecule has 0 amide bonds. The van der Waals surface area contributed by atoms with Gasteiger partial charge in [0.2, 0.25) is 0 Å². The van der Waals surface area contributed by atoms with Gasteiger partial charge in [-0.3, -0.25) is 4.79 Å². The summed E-state index contributed by atoms with van der Waals surface area (Å²) in [6.07, 6.45) is -3.13. The third-order valence-corrected chi connectivity index (χ3v) is 3.43. The van der Waals surface area contributed by atoms with Crippen molar-refractivity contribution < 1.29 is 47.5 Å². The summed E-state index contributed by atoms with van der Waals surface area (Å²) in [5.41, 5.74) is 0. The average molecular weight is 364 g/mol. The van der Waals surface area contributed by atoms with Crippen molar-refractivity contribution in [2.45, 2.75) is 31.3 Å². The fraction of sp³-hybridized carbons (Fsp3) is 0.800. The normalized spacial score (nSPS) is 25.9. The van der Waals surface area contributed by atoms with Gasteiger partial charge in [0.15, 0.2) is 6.10 Å². The van der Waals surface area contributed by atoms with Crippen LogP contribution in [-0.4, -0.2) is 90.1 Å². The molecule has 1 aliphatic heterocycles. The van der Waals surface area contributed by atoms with E-state index in [4.69, 9.17) is 23.7 Å². The number of hydrogen-bond donors (Lipinski definition) is 0. The molecule has 144 valence electrons. The zero-order valence-electron chi connectivity index (χ0n) is 14.7. The summed E-state index contributed by atoms with van der Waals surface area (Å²) in [4.78, 5) is 34.1. The van der Waals surface area contributed by atoms with E-state index in [1.165, 1.54) is 28.3 Å². The summed E-state index contributed by atoms with van der Waals surface area (Å²) < 4.78 is 36.0. The summed E-state index contributed by atoms with van der Waals surface area (Å²) in [7, 11) is 3.92. The highest BCUT2D eigenvalue weighted by molar-refractivity contribution is 5.71. The molecular weight excluding hydrogens is 340 g/mol. The number of methoxy groups -OCH3 is 3. The summed E-state index contributed by atoms with van der Waals surface area (Å²) in [5.74, 6) is -1.76. The van der Waals surface area contributed by atoms with Crippen LogP contribution in [0.15, 0.2) is 0 Å². The summed E-state index contributed by atoms with van der Waals surface area (Å²) in [6.45, 7) is 0.704. The maximum atomic E-state index is 11.4. The van der Waals surface area contributed by atoms with Crippen molar-refractivity contribution in [3.05, 3.63) is 0 Å². The van der Waals surface area contributed by atoms with E-state index >= 15 is 0 Å². The minimum atomic E-state index is -0.890. The van der Waals surface area contributed by atoms with Crippen LogP contribution in [0.4, 0.5) is 0 Å². The van der Waals surface area contributed by atoms with Gasteiger partial charge in [-0.2, -0.15) is 0 Å². The quantitative estimate of drug-likeness (QED) is 0.376. The van der Waals surface area contributed by atoms with Gasteiger partial charge in [-0.1, -0.05) is 0 Å². The largest absolute Gasteiger partial charge is 0.467 e. The Hall–Kier alpha value is -1.75. The molecule has 1 aliphatic rings. The molecule has 0 saturated carbocycles. The van der Waals surface area contributed by atoms with E-state index in [2.05, 4.69) is 9.47 Å². The summed E-state index contributed by atoms with van der Waals surface area (Å²) in [6, 6.07) is 0. The first kappa shape index (κ1) is 21.3. The lowest BCUT2D eigenvalue weighted by Crippen LogP contribution is -2.58. The first-order valence-electron chi connectivity index (χ1n) is 7.57. The lowest BCUT2D eigenvalue weighted by Gasteiger charge is -2.41. The van der Waals surface area contributed by atoms with Crippen LogP contribution in [0, 0.1) is 0 Å². The van der Waals surface area contributed by atoms with Crippen LogP contribution >= 0.6 is 0 Å². The molecule has 0 aromatic heterocycles. The van der Waals surface area contributed by atoms with Crippen molar-refractivity contribution in [2.24, 2.45) is 0 Å². The molecule has 4 atom stereocenters.